The molecule has 0 bridgehead atoms. The molecule has 1 atom stereocenters. The second-order valence-electron chi connectivity index (χ2n) is 5.37. The van der Waals surface area contributed by atoms with Crippen molar-refractivity contribution in [3.05, 3.63) is 40.3 Å². The summed E-state index contributed by atoms with van der Waals surface area (Å²) in [6, 6.07) is 2.36. The van der Waals surface area contributed by atoms with Crippen LogP contribution < -0.4 is 10.6 Å². The molecule has 2 aromatic rings. The van der Waals surface area contributed by atoms with Gasteiger partial charge in [0.25, 0.3) is 0 Å². The van der Waals surface area contributed by atoms with Gasteiger partial charge >= 0.3 is 0 Å². The summed E-state index contributed by atoms with van der Waals surface area (Å²) >= 11 is 1.70. The lowest BCUT2D eigenvalue weighted by molar-refractivity contribution is 0.298. The van der Waals surface area contributed by atoms with Crippen molar-refractivity contribution in [1.29, 1.82) is 0 Å². The van der Waals surface area contributed by atoms with Gasteiger partial charge in [0.2, 0.25) is 0 Å². The van der Waals surface area contributed by atoms with Crippen molar-refractivity contribution in [2.45, 2.75) is 12.6 Å². The maximum absolute atomic E-state index is 4.28. The van der Waals surface area contributed by atoms with E-state index >= 15 is 0 Å². The highest BCUT2D eigenvalue weighted by Crippen LogP contribution is 2.16. The van der Waals surface area contributed by atoms with E-state index in [-0.39, 0.29) is 30.0 Å². The third-order valence-corrected chi connectivity index (χ3v) is 4.19. The Morgan fingerprint density at radius 1 is 1.43 bits per heavy atom. The molecule has 2 heterocycles. The largest absolute Gasteiger partial charge is 0.354 e. The number of aromatic nitrogens is 2. The zero-order chi connectivity index (χ0) is 15.9. The molecule has 0 fully saturated rings. The minimum Gasteiger partial charge on any atom is -0.354 e. The average Bonchev–Trinajstić information content (AvgIpc) is 3.14. The van der Waals surface area contributed by atoms with Gasteiger partial charge in [-0.05, 0) is 36.5 Å². The van der Waals surface area contributed by atoms with Gasteiger partial charge in [-0.2, -0.15) is 16.4 Å². The van der Waals surface area contributed by atoms with Crippen molar-refractivity contribution in [2.24, 2.45) is 12.0 Å². The van der Waals surface area contributed by atoms with Gasteiger partial charge in [0, 0.05) is 38.9 Å². The number of nitrogens with one attached hydrogen (secondary N) is 2. The summed E-state index contributed by atoms with van der Waals surface area (Å²) in [5.74, 6) is 0.807. The summed E-state index contributed by atoms with van der Waals surface area (Å²) in [6.45, 7) is 1.55. The summed E-state index contributed by atoms with van der Waals surface area (Å²) in [5.41, 5.74) is 2.46. The fourth-order valence-electron chi connectivity index (χ4n) is 2.20. The number of thiophene rings is 1. The maximum Gasteiger partial charge on any atom is 0.191 e. The predicted molar refractivity (Wildman–Crippen MR) is 108 cm³/mol. The van der Waals surface area contributed by atoms with Gasteiger partial charge in [0.15, 0.2) is 5.96 Å². The van der Waals surface area contributed by atoms with Gasteiger partial charge in [-0.25, -0.2) is 0 Å². The molecule has 1 unspecified atom stereocenters. The molecule has 8 heteroatoms. The molecule has 0 spiro atoms. The molecule has 0 saturated carbocycles. The highest BCUT2D eigenvalue weighted by molar-refractivity contribution is 14.0. The number of halogens is 1. The monoisotopic (exact) mass is 448 g/mol. The second-order valence-corrected chi connectivity index (χ2v) is 6.15. The first-order chi connectivity index (χ1) is 10.6. The summed E-state index contributed by atoms with van der Waals surface area (Å²) in [5, 5.41) is 15.2. The Morgan fingerprint density at radius 3 is 2.74 bits per heavy atom. The van der Waals surface area contributed by atoms with E-state index in [1.807, 2.05) is 24.1 Å². The van der Waals surface area contributed by atoms with Crippen LogP contribution in [0.25, 0.3) is 0 Å². The fourth-order valence-corrected chi connectivity index (χ4v) is 2.87. The molecule has 0 aromatic carbocycles. The number of hydrogen-bond donors (Lipinski definition) is 2. The number of rotatable bonds is 6. The van der Waals surface area contributed by atoms with Crippen LogP contribution in [-0.2, 0) is 13.6 Å². The van der Waals surface area contributed by atoms with E-state index in [1.54, 1.807) is 18.4 Å². The Balaban J connectivity index is 0.00000264. The Hall–Kier alpha value is -1.13. The lowest BCUT2D eigenvalue weighted by Gasteiger charge is -2.24. The minimum absolute atomic E-state index is 0. The van der Waals surface area contributed by atoms with Crippen LogP contribution in [0.4, 0.5) is 0 Å². The van der Waals surface area contributed by atoms with Gasteiger partial charge in [0.1, 0.15) is 0 Å². The highest BCUT2D eigenvalue weighted by atomic mass is 127. The van der Waals surface area contributed by atoms with E-state index in [0.29, 0.717) is 0 Å². The van der Waals surface area contributed by atoms with Crippen LogP contribution in [0.1, 0.15) is 17.2 Å². The predicted octanol–water partition coefficient (Wildman–Crippen LogP) is 2.07. The van der Waals surface area contributed by atoms with E-state index in [9.17, 15) is 0 Å². The van der Waals surface area contributed by atoms with Crippen molar-refractivity contribution in [2.75, 3.05) is 27.7 Å². The molecule has 128 valence electrons. The molecular formula is C15H25IN6S. The normalized spacial score (nSPS) is 12.8. The van der Waals surface area contributed by atoms with Crippen LogP contribution >= 0.6 is 35.3 Å². The van der Waals surface area contributed by atoms with E-state index in [1.165, 1.54) is 11.1 Å². The van der Waals surface area contributed by atoms with Crippen LogP contribution in [0, 0.1) is 0 Å². The van der Waals surface area contributed by atoms with Gasteiger partial charge < -0.3 is 15.5 Å². The van der Waals surface area contributed by atoms with Gasteiger partial charge in [-0.1, -0.05) is 0 Å². The summed E-state index contributed by atoms with van der Waals surface area (Å²) in [6.07, 6.45) is 3.96. The standard InChI is InChI=1S/C15H24N6S.HI/c1-16-15(17-7-12-5-6-22-11-12)18-9-14(20(2)3)13-8-19-21(4)10-13;/h5-6,8,10-11,14H,7,9H2,1-4H3,(H2,16,17,18);1H. The van der Waals surface area contributed by atoms with Crippen LogP contribution in [0.2, 0.25) is 0 Å². The molecule has 2 rings (SSSR count). The van der Waals surface area contributed by atoms with E-state index in [0.717, 1.165) is 19.0 Å². The zero-order valence-corrected chi connectivity index (χ0v) is 17.1. The van der Waals surface area contributed by atoms with E-state index < -0.39 is 0 Å². The molecule has 2 aromatic heterocycles. The maximum atomic E-state index is 4.28. The lowest BCUT2D eigenvalue weighted by atomic mass is 10.1. The Bertz CT molecular complexity index is 593. The van der Waals surface area contributed by atoms with Gasteiger partial charge in [-0.3, -0.25) is 9.67 Å². The van der Waals surface area contributed by atoms with Crippen LogP contribution in [-0.4, -0.2) is 48.3 Å². The van der Waals surface area contributed by atoms with Crippen molar-refractivity contribution < 1.29 is 0 Å². The van der Waals surface area contributed by atoms with Crippen molar-refractivity contribution in [1.82, 2.24) is 25.3 Å². The van der Waals surface area contributed by atoms with Crippen molar-refractivity contribution in [3.63, 3.8) is 0 Å². The number of likely N-dealkylation sites (N-methyl/N-ethyl adjacent to an activating group) is 1. The second kappa shape index (κ2) is 9.89. The summed E-state index contributed by atoms with van der Waals surface area (Å²) in [7, 11) is 7.87. The summed E-state index contributed by atoms with van der Waals surface area (Å²) in [4.78, 5) is 6.45. The minimum atomic E-state index is 0. The molecule has 23 heavy (non-hydrogen) atoms. The number of hydrogen-bond acceptors (Lipinski definition) is 4. The molecule has 0 aliphatic heterocycles. The molecular weight excluding hydrogens is 423 g/mol. The van der Waals surface area contributed by atoms with Crippen LogP contribution in [0.15, 0.2) is 34.2 Å². The number of guanidine groups is 1. The Labute approximate surface area is 159 Å². The van der Waals surface area contributed by atoms with Gasteiger partial charge in [0.05, 0.1) is 12.2 Å². The third-order valence-electron chi connectivity index (χ3n) is 3.46. The van der Waals surface area contributed by atoms with Crippen LogP contribution in [0.5, 0.6) is 0 Å². The Morgan fingerprint density at radius 2 is 2.22 bits per heavy atom. The lowest BCUT2D eigenvalue weighted by Crippen LogP contribution is -2.41. The van der Waals surface area contributed by atoms with Crippen molar-refractivity contribution in [3.8, 4) is 0 Å². The third kappa shape index (κ3) is 6.11. The zero-order valence-electron chi connectivity index (χ0n) is 14.0. The molecule has 0 radical (unpaired) electrons. The fraction of sp³-hybridized carbons (Fsp3) is 0.467. The van der Waals surface area contributed by atoms with E-state index in [2.05, 4.69) is 56.5 Å². The molecule has 0 saturated heterocycles. The van der Waals surface area contributed by atoms with Crippen molar-refractivity contribution >= 4 is 41.3 Å². The van der Waals surface area contributed by atoms with Crippen LogP contribution in [0.3, 0.4) is 0 Å². The topological polar surface area (TPSA) is 57.5 Å². The first-order valence-electron chi connectivity index (χ1n) is 7.20. The number of nitrogens with zero attached hydrogens (tertiary/aromatic N) is 4. The number of aryl methyl sites for hydroxylation is 1. The smallest absolute Gasteiger partial charge is 0.191 e. The quantitative estimate of drug-likeness (QED) is 0.404. The SMILES string of the molecule is CN=C(NCc1ccsc1)NCC(c1cnn(C)c1)N(C)C.I. The molecule has 2 N–H and O–H groups in total. The molecule has 0 aliphatic carbocycles. The first-order valence-corrected chi connectivity index (χ1v) is 8.15. The number of aliphatic imine (C=N–C) groups is 1. The molecule has 6 nitrogen and oxygen atoms in total. The average molecular weight is 448 g/mol. The molecule has 0 amide bonds. The molecule has 0 aliphatic rings. The van der Waals surface area contributed by atoms with E-state index in [4.69, 9.17) is 0 Å². The Kier molecular flexibility index (Phi) is 8.56. The highest BCUT2D eigenvalue weighted by Gasteiger charge is 2.16. The summed E-state index contributed by atoms with van der Waals surface area (Å²) < 4.78 is 1.83. The first kappa shape index (κ1) is 19.9. The van der Waals surface area contributed by atoms with Gasteiger partial charge in [-0.15, -0.1) is 24.0 Å².